The van der Waals surface area contributed by atoms with Gasteiger partial charge in [0.15, 0.2) is 0 Å². The van der Waals surface area contributed by atoms with Crippen LogP contribution in [0.2, 0.25) is 0 Å². The Balaban J connectivity index is 2.00. The van der Waals surface area contributed by atoms with Crippen molar-refractivity contribution in [2.45, 2.75) is 30.6 Å². The highest BCUT2D eigenvalue weighted by atomic mass is 32.2. The van der Waals surface area contributed by atoms with Gasteiger partial charge < -0.3 is 10.1 Å². The minimum Gasteiger partial charge on any atom is -0.496 e. The molecule has 110 valence electrons. The van der Waals surface area contributed by atoms with Gasteiger partial charge in [-0.3, -0.25) is 10.1 Å². The molecule has 0 spiro atoms. The lowest BCUT2D eigenvalue weighted by Crippen LogP contribution is -2.43. The Morgan fingerprint density at radius 3 is 2.75 bits per heavy atom. The number of nitro benzene ring substituents is 1. The fourth-order valence-corrected chi connectivity index (χ4v) is 3.41. The molecule has 1 N–H and O–H groups in total. The van der Waals surface area contributed by atoms with Crippen LogP contribution in [0, 0.1) is 10.1 Å². The summed E-state index contributed by atoms with van der Waals surface area (Å²) in [5.41, 5.74) is 0.933. The summed E-state index contributed by atoms with van der Waals surface area (Å²) in [5, 5.41) is 14.2. The maximum Gasteiger partial charge on any atom is 0.270 e. The number of non-ortho nitro benzene ring substituents is 1. The highest BCUT2D eigenvalue weighted by Gasteiger charge is 2.35. The third-order valence-corrected chi connectivity index (χ3v) is 5.35. The second-order valence-corrected chi connectivity index (χ2v) is 6.37. The molecular formula is C14H20N2O3S. The molecule has 0 atom stereocenters. The highest BCUT2D eigenvalue weighted by molar-refractivity contribution is 8.00. The van der Waals surface area contributed by atoms with Gasteiger partial charge in [0, 0.05) is 35.5 Å². The summed E-state index contributed by atoms with van der Waals surface area (Å²) in [7, 11) is 1.58. The molecule has 1 aromatic carbocycles. The van der Waals surface area contributed by atoms with Gasteiger partial charge in [-0.05, 0) is 25.2 Å². The molecule has 1 fully saturated rings. The standard InChI is InChI=1S/C14H20N2O3S/c1-19-13-5-4-12(16(17)18)8-11(13)9-15-10-14(20-2)6-3-7-14/h4-5,8,15H,3,6-7,9-10H2,1-2H3. The van der Waals surface area contributed by atoms with E-state index in [1.54, 1.807) is 19.2 Å². The van der Waals surface area contributed by atoms with E-state index in [2.05, 4.69) is 11.6 Å². The van der Waals surface area contributed by atoms with Gasteiger partial charge >= 0.3 is 0 Å². The summed E-state index contributed by atoms with van der Waals surface area (Å²) < 4.78 is 5.62. The highest BCUT2D eigenvalue weighted by Crippen LogP contribution is 2.42. The summed E-state index contributed by atoms with van der Waals surface area (Å²) in [6, 6.07) is 4.71. The molecule has 2 rings (SSSR count). The number of nitrogens with one attached hydrogen (secondary N) is 1. The molecule has 1 aromatic rings. The van der Waals surface area contributed by atoms with Crippen LogP contribution >= 0.6 is 11.8 Å². The van der Waals surface area contributed by atoms with Crippen molar-refractivity contribution in [3.8, 4) is 5.75 Å². The van der Waals surface area contributed by atoms with E-state index in [1.807, 2.05) is 11.8 Å². The van der Waals surface area contributed by atoms with Gasteiger partial charge in [-0.15, -0.1) is 0 Å². The molecule has 0 heterocycles. The van der Waals surface area contributed by atoms with Crippen LogP contribution in [0.15, 0.2) is 18.2 Å². The summed E-state index contributed by atoms with van der Waals surface area (Å²) in [6.07, 6.45) is 5.93. The number of methoxy groups -OCH3 is 1. The van der Waals surface area contributed by atoms with Gasteiger partial charge in [0.2, 0.25) is 0 Å². The molecule has 0 radical (unpaired) electrons. The molecular weight excluding hydrogens is 276 g/mol. The summed E-state index contributed by atoms with van der Waals surface area (Å²) in [6.45, 7) is 1.52. The van der Waals surface area contributed by atoms with E-state index in [9.17, 15) is 10.1 Å². The van der Waals surface area contributed by atoms with Crippen LogP contribution in [-0.2, 0) is 6.54 Å². The van der Waals surface area contributed by atoms with Crippen LogP contribution in [0.3, 0.4) is 0 Å². The van der Waals surface area contributed by atoms with Crippen molar-refractivity contribution in [2.24, 2.45) is 0 Å². The van der Waals surface area contributed by atoms with Crippen molar-refractivity contribution >= 4 is 17.4 Å². The van der Waals surface area contributed by atoms with Crippen molar-refractivity contribution in [2.75, 3.05) is 19.9 Å². The Hall–Kier alpha value is -1.27. The lowest BCUT2D eigenvalue weighted by molar-refractivity contribution is -0.384. The summed E-state index contributed by atoms with van der Waals surface area (Å²) >= 11 is 1.91. The SMILES string of the molecule is COc1ccc([N+](=O)[O-])cc1CNCC1(SC)CCC1. The molecule has 0 saturated heterocycles. The second kappa shape index (κ2) is 6.45. The fourth-order valence-electron chi connectivity index (χ4n) is 2.47. The Kier molecular flexibility index (Phi) is 4.88. The maximum atomic E-state index is 10.8. The number of ether oxygens (including phenoxy) is 1. The van der Waals surface area contributed by atoms with Crippen LogP contribution in [0.5, 0.6) is 5.75 Å². The van der Waals surface area contributed by atoms with Crippen molar-refractivity contribution in [1.29, 1.82) is 0 Å². The zero-order valence-corrected chi connectivity index (χ0v) is 12.7. The zero-order chi connectivity index (χ0) is 14.6. The van der Waals surface area contributed by atoms with Crippen molar-refractivity contribution in [3.05, 3.63) is 33.9 Å². The zero-order valence-electron chi connectivity index (χ0n) is 11.8. The van der Waals surface area contributed by atoms with Crippen molar-refractivity contribution in [1.82, 2.24) is 5.32 Å². The van der Waals surface area contributed by atoms with E-state index in [0.29, 0.717) is 17.0 Å². The van der Waals surface area contributed by atoms with Crippen LogP contribution in [0.25, 0.3) is 0 Å². The monoisotopic (exact) mass is 296 g/mol. The van der Waals surface area contributed by atoms with E-state index < -0.39 is 0 Å². The first-order valence-corrected chi connectivity index (χ1v) is 7.90. The van der Waals surface area contributed by atoms with E-state index in [0.717, 1.165) is 12.1 Å². The lowest BCUT2D eigenvalue weighted by Gasteiger charge is -2.40. The first kappa shape index (κ1) is 15.1. The first-order valence-electron chi connectivity index (χ1n) is 6.67. The molecule has 20 heavy (non-hydrogen) atoms. The predicted molar refractivity (Wildman–Crippen MR) is 81.5 cm³/mol. The number of benzene rings is 1. The van der Waals surface area contributed by atoms with Gasteiger partial charge in [0.1, 0.15) is 5.75 Å². The first-order chi connectivity index (χ1) is 9.60. The third kappa shape index (κ3) is 3.24. The second-order valence-electron chi connectivity index (χ2n) is 5.10. The molecule has 0 bridgehead atoms. The Morgan fingerprint density at radius 1 is 1.50 bits per heavy atom. The van der Waals surface area contributed by atoms with Crippen molar-refractivity contribution < 1.29 is 9.66 Å². The number of hydrogen-bond acceptors (Lipinski definition) is 5. The average molecular weight is 296 g/mol. The summed E-state index contributed by atoms with van der Waals surface area (Å²) in [4.78, 5) is 10.5. The van der Waals surface area contributed by atoms with Gasteiger partial charge in [0.05, 0.1) is 12.0 Å². The minimum absolute atomic E-state index is 0.103. The number of thioether (sulfide) groups is 1. The number of nitro groups is 1. The molecule has 0 amide bonds. The number of nitrogens with zero attached hydrogens (tertiary/aromatic N) is 1. The third-order valence-electron chi connectivity index (χ3n) is 3.94. The van der Waals surface area contributed by atoms with E-state index >= 15 is 0 Å². The fraction of sp³-hybridized carbons (Fsp3) is 0.571. The van der Waals surface area contributed by atoms with Crippen molar-refractivity contribution in [3.63, 3.8) is 0 Å². The molecule has 0 unspecified atom stereocenters. The van der Waals surface area contributed by atoms with Crippen LogP contribution < -0.4 is 10.1 Å². The molecule has 0 aliphatic heterocycles. The Bertz CT molecular complexity index is 484. The van der Waals surface area contributed by atoms with Crippen LogP contribution in [-0.4, -0.2) is 29.6 Å². The largest absolute Gasteiger partial charge is 0.496 e. The quantitative estimate of drug-likeness (QED) is 0.619. The molecule has 5 nitrogen and oxygen atoms in total. The van der Waals surface area contributed by atoms with Gasteiger partial charge in [-0.1, -0.05) is 6.42 Å². The normalized spacial score (nSPS) is 16.5. The lowest BCUT2D eigenvalue weighted by atomic mass is 9.84. The van der Waals surface area contributed by atoms with E-state index in [-0.39, 0.29) is 10.6 Å². The van der Waals surface area contributed by atoms with Crippen LogP contribution in [0.1, 0.15) is 24.8 Å². The van der Waals surface area contributed by atoms with Gasteiger partial charge in [0.25, 0.3) is 5.69 Å². The van der Waals surface area contributed by atoms with E-state index in [1.165, 1.54) is 25.3 Å². The molecule has 0 aromatic heterocycles. The Morgan fingerprint density at radius 2 is 2.25 bits per heavy atom. The minimum atomic E-state index is -0.377. The molecule has 1 saturated carbocycles. The number of hydrogen-bond donors (Lipinski definition) is 1. The predicted octanol–water partition coefficient (Wildman–Crippen LogP) is 2.98. The number of rotatable bonds is 7. The topological polar surface area (TPSA) is 64.4 Å². The Labute approximate surface area is 123 Å². The maximum absolute atomic E-state index is 10.8. The average Bonchev–Trinajstić information content (AvgIpc) is 2.41. The van der Waals surface area contributed by atoms with Gasteiger partial charge in [-0.25, -0.2) is 0 Å². The van der Waals surface area contributed by atoms with Gasteiger partial charge in [-0.2, -0.15) is 11.8 Å². The van der Waals surface area contributed by atoms with E-state index in [4.69, 9.17) is 4.74 Å². The smallest absolute Gasteiger partial charge is 0.270 e. The molecule has 6 heteroatoms. The summed E-state index contributed by atoms with van der Waals surface area (Å²) in [5.74, 6) is 0.690. The van der Waals surface area contributed by atoms with Crippen LogP contribution in [0.4, 0.5) is 5.69 Å². The molecule has 1 aliphatic rings. The molecule has 1 aliphatic carbocycles.